The normalized spacial score (nSPS) is 12.6. The van der Waals surface area contributed by atoms with Gasteiger partial charge in [0.15, 0.2) is 0 Å². The average molecular weight is 217 g/mol. The van der Waals surface area contributed by atoms with E-state index < -0.39 is 0 Å². The van der Waals surface area contributed by atoms with Crippen LogP contribution in [0.4, 0.5) is 0 Å². The largest absolute Gasteiger partial charge is 0.361 e. The molecule has 0 N–H and O–H groups in total. The summed E-state index contributed by atoms with van der Waals surface area (Å²) in [6.45, 7) is 4.05. The Bertz CT molecular complexity index is 322. The van der Waals surface area contributed by atoms with Crippen LogP contribution >= 0.6 is 11.6 Å². The van der Waals surface area contributed by atoms with Gasteiger partial charge in [0.05, 0.1) is 6.20 Å². The van der Waals surface area contributed by atoms with Crippen molar-refractivity contribution in [2.24, 2.45) is 0 Å². The summed E-state index contributed by atoms with van der Waals surface area (Å²) >= 11 is 5.78. The molecule has 14 heavy (non-hydrogen) atoms. The van der Waals surface area contributed by atoms with Gasteiger partial charge in [0.25, 0.3) is 5.91 Å². The van der Waals surface area contributed by atoms with Gasteiger partial charge in [0, 0.05) is 19.0 Å². The number of aryl methyl sites for hydroxylation is 1. The number of halogens is 1. The van der Waals surface area contributed by atoms with Crippen LogP contribution < -0.4 is 0 Å². The van der Waals surface area contributed by atoms with Gasteiger partial charge in [-0.2, -0.15) is 0 Å². The van der Waals surface area contributed by atoms with Crippen molar-refractivity contribution < 1.29 is 9.32 Å². The number of carbonyl (C=O) groups is 1. The first kappa shape index (κ1) is 11.0. The molecule has 1 atom stereocenters. The minimum absolute atomic E-state index is 0.0656. The van der Waals surface area contributed by atoms with E-state index in [1.54, 1.807) is 18.9 Å². The third kappa shape index (κ3) is 2.48. The molecule has 0 saturated heterocycles. The van der Waals surface area contributed by atoms with Gasteiger partial charge >= 0.3 is 0 Å². The van der Waals surface area contributed by atoms with Gasteiger partial charge in [0.1, 0.15) is 11.3 Å². The van der Waals surface area contributed by atoms with Crippen LogP contribution in [-0.2, 0) is 0 Å². The smallest absolute Gasteiger partial charge is 0.258 e. The summed E-state index contributed by atoms with van der Waals surface area (Å²) in [5, 5.41) is 3.48. The molecule has 1 rings (SSSR count). The third-order valence-corrected chi connectivity index (χ3v) is 1.99. The van der Waals surface area contributed by atoms with Crippen molar-refractivity contribution in [2.75, 3.05) is 13.6 Å². The maximum Gasteiger partial charge on any atom is 0.258 e. The molecule has 0 aliphatic carbocycles. The maximum absolute atomic E-state index is 11.7. The summed E-state index contributed by atoms with van der Waals surface area (Å²) < 4.78 is 4.81. The second-order valence-corrected chi connectivity index (χ2v) is 4.01. The quantitative estimate of drug-likeness (QED) is 0.723. The van der Waals surface area contributed by atoms with Crippen molar-refractivity contribution in [3.8, 4) is 0 Å². The molecule has 1 aromatic heterocycles. The van der Waals surface area contributed by atoms with Gasteiger partial charge in [-0.05, 0) is 13.8 Å². The highest BCUT2D eigenvalue weighted by Gasteiger charge is 2.17. The lowest BCUT2D eigenvalue weighted by molar-refractivity contribution is 0.0794. The van der Waals surface area contributed by atoms with Gasteiger partial charge in [0.2, 0.25) is 0 Å². The first-order valence-electron chi connectivity index (χ1n) is 4.33. The molecule has 78 valence electrons. The van der Waals surface area contributed by atoms with Crippen LogP contribution in [0.3, 0.4) is 0 Å². The highest BCUT2D eigenvalue weighted by Crippen LogP contribution is 2.09. The van der Waals surface area contributed by atoms with Crippen molar-refractivity contribution in [2.45, 2.75) is 19.2 Å². The highest BCUT2D eigenvalue weighted by atomic mass is 35.5. The number of hydrogen-bond donors (Lipinski definition) is 0. The van der Waals surface area contributed by atoms with E-state index in [1.165, 1.54) is 6.20 Å². The van der Waals surface area contributed by atoms with Gasteiger partial charge in [-0.1, -0.05) is 5.16 Å². The van der Waals surface area contributed by atoms with Crippen molar-refractivity contribution in [1.82, 2.24) is 10.1 Å². The topological polar surface area (TPSA) is 46.3 Å². The number of amides is 1. The SMILES string of the molecule is Cc1oncc1C(=O)N(C)CC(C)Cl. The van der Waals surface area contributed by atoms with E-state index in [4.69, 9.17) is 16.1 Å². The number of hydrogen-bond acceptors (Lipinski definition) is 3. The lowest BCUT2D eigenvalue weighted by Crippen LogP contribution is -2.31. The number of rotatable bonds is 3. The van der Waals surface area contributed by atoms with Gasteiger partial charge in [-0.25, -0.2) is 0 Å². The maximum atomic E-state index is 11.7. The monoisotopic (exact) mass is 216 g/mol. The van der Waals surface area contributed by atoms with E-state index in [9.17, 15) is 4.79 Å². The second-order valence-electron chi connectivity index (χ2n) is 3.26. The number of nitrogens with zero attached hydrogens (tertiary/aromatic N) is 2. The van der Waals surface area contributed by atoms with Crippen molar-refractivity contribution >= 4 is 17.5 Å². The predicted octanol–water partition coefficient (Wildman–Crippen LogP) is 1.68. The molecular formula is C9H13ClN2O2. The van der Waals surface area contributed by atoms with Crippen molar-refractivity contribution in [3.63, 3.8) is 0 Å². The molecule has 1 heterocycles. The molecule has 1 aromatic rings. The third-order valence-electron chi connectivity index (χ3n) is 1.85. The van der Waals surface area contributed by atoms with Gasteiger partial charge < -0.3 is 9.42 Å². The van der Waals surface area contributed by atoms with Crippen LogP contribution in [0.1, 0.15) is 23.0 Å². The average Bonchev–Trinajstić information content (AvgIpc) is 2.48. The van der Waals surface area contributed by atoms with E-state index in [0.717, 1.165) is 0 Å². The summed E-state index contributed by atoms with van der Waals surface area (Å²) in [5.74, 6) is 0.417. The fourth-order valence-corrected chi connectivity index (χ4v) is 1.38. The van der Waals surface area contributed by atoms with E-state index in [0.29, 0.717) is 17.9 Å². The summed E-state index contributed by atoms with van der Waals surface area (Å²) in [7, 11) is 1.70. The van der Waals surface area contributed by atoms with Crippen LogP contribution in [0.25, 0.3) is 0 Å². The molecule has 0 spiro atoms. The summed E-state index contributed by atoms with van der Waals surface area (Å²) in [5.41, 5.74) is 0.491. The molecule has 1 amide bonds. The molecule has 0 aromatic carbocycles. The number of carbonyl (C=O) groups excluding carboxylic acids is 1. The molecule has 0 saturated carbocycles. The van der Waals surface area contributed by atoms with Gasteiger partial charge in [-0.15, -0.1) is 11.6 Å². The number of aromatic nitrogens is 1. The summed E-state index contributed by atoms with van der Waals surface area (Å²) in [6, 6.07) is 0. The molecule has 0 aliphatic heterocycles. The Morgan fingerprint density at radius 2 is 2.43 bits per heavy atom. The van der Waals surface area contributed by atoms with Crippen LogP contribution in [-0.4, -0.2) is 34.9 Å². The zero-order valence-corrected chi connectivity index (χ0v) is 9.21. The Morgan fingerprint density at radius 1 is 1.79 bits per heavy atom. The minimum Gasteiger partial charge on any atom is -0.361 e. The minimum atomic E-state index is -0.115. The fraction of sp³-hybridized carbons (Fsp3) is 0.556. The molecule has 0 radical (unpaired) electrons. The molecule has 5 heteroatoms. The van der Waals surface area contributed by atoms with E-state index in [1.807, 2.05) is 6.92 Å². The van der Waals surface area contributed by atoms with Crippen LogP contribution in [0.2, 0.25) is 0 Å². The molecule has 0 aliphatic rings. The Labute approximate surface area is 87.8 Å². The van der Waals surface area contributed by atoms with Gasteiger partial charge in [-0.3, -0.25) is 4.79 Å². The summed E-state index contributed by atoms with van der Waals surface area (Å²) in [4.78, 5) is 13.3. The molecule has 4 nitrogen and oxygen atoms in total. The van der Waals surface area contributed by atoms with E-state index >= 15 is 0 Å². The summed E-state index contributed by atoms with van der Waals surface area (Å²) in [6.07, 6.45) is 1.42. The van der Waals surface area contributed by atoms with Crippen LogP contribution in [0, 0.1) is 6.92 Å². The fourth-order valence-electron chi connectivity index (χ4n) is 1.17. The predicted molar refractivity (Wildman–Crippen MR) is 53.5 cm³/mol. The first-order chi connectivity index (χ1) is 6.52. The molecule has 0 bridgehead atoms. The highest BCUT2D eigenvalue weighted by molar-refractivity contribution is 6.20. The lowest BCUT2D eigenvalue weighted by Gasteiger charge is -2.17. The Kier molecular flexibility index (Phi) is 3.52. The second kappa shape index (κ2) is 4.46. The van der Waals surface area contributed by atoms with E-state index in [2.05, 4.69) is 5.16 Å². The zero-order chi connectivity index (χ0) is 10.7. The first-order valence-corrected chi connectivity index (χ1v) is 4.76. The van der Waals surface area contributed by atoms with Crippen LogP contribution in [0.15, 0.2) is 10.7 Å². The molecule has 1 unspecified atom stereocenters. The Balaban J connectivity index is 2.71. The van der Waals surface area contributed by atoms with E-state index in [-0.39, 0.29) is 11.3 Å². The lowest BCUT2D eigenvalue weighted by atomic mass is 10.2. The Morgan fingerprint density at radius 3 is 2.86 bits per heavy atom. The Hall–Kier alpha value is -1.03. The molecular weight excluding hydrogens is 204 g/mol. The molecule has 0 fully saturated rings. The van der Waals surface area contributed by atoms with Crippen molar-refractivity contribution in [3.05, 3.63) is 17.5 Å². The van der Waals surface area contributed by atoms with Crippen LogP contribution in [0.5, 0.6) is 0 Å². The van der Waals surface area contributed by atoms with Crippen molar-refractivity contribution in [1.29, 1.82) is 0 Å². The number of alkyl halides is 1. The standard InChI is InChI=1S/C9H13ClN2O2/c1-6(10)5-12(3)9(13)8-4-11-14-7(8)2/h4,6H,5H2,1-3H3. The zero-order valence-electron chi connectivity index (χ0n) is 8.45.